The molecule has 4 heteroatoms. The van der Waals surface area contributed by atoms with Crippen LogP contribution in [0.1, 0.15) is 59.3 Å². The van der Waals surface area contributed by atoms with Crippen molar-refractivity contribution in [2.75, 3.05) is 18.5 Å². The molecule has 0 aromatic heterocycles. The van der Waals surface area contributed by atoms with Crippen LogP contribution in [0.5, 0.6) is 0 Å². The van der Waals surface area contributed by atoms with Gasteiger partial charge in [-0.1, -0.05) is 40.0 Å². The van der Waals surface area contributed by atoms with Gasteiger partial charge in [-0.05, 0) is 31.4 Å². The highest BCUT2D eigenvalue weighted by atomic mass is 31.2. The Balaban J connectivity index is 3.09. The summed E-state index contributed by atoms with van der Waals surface area (Å²) in [5.74, 6) is 0. The van der Waals surface area contributed by atoms with Crippen molar-refractivity contribution in [3.8, 4) is 0 Å². The molecule has 22 heavy (non-hydrogen) atoms. The smallest absolute Gasteiger partial charge is 0.258 e. The summed E-state index contributed by atoms with van der Waals surface area (Å²) in [5.41, 5.74) is 0.211. The Hall–Kier alpha value is -0.950. The minimum absolute atomic E-state index is 0.211. The van der Waals surface area contributed by atoms with Crippen LogP contribution in [-0.2, 0) is 0 Å². The fourth-order valence-corrected chi connectivity index (χ4v) is 7.99. The molecule has 0 fully saturated rings. The topological polar surface area (TPSA) is 43.1 Å². The molecule has 0 heterocycles. The van der Waals surface area contributed by atoms with Crippen LogP contribution in [0.15, 0.2) is 24.3 Å². The van der Waals surface area contributed by atoms with Gasteiger partial charge in [0, 0.05) is 19.4 Å². The molecule has 0 unspecified atom stereocenters. The first-order chi connectivity index (χ1) is 10.6. The molecule has 1 aromatic rings. The van der Waals surface area contributed by atoms with E-state index in [0.717, 1.165) is 0 Å². The summed E-state index contributed by atoms with van der Waals surface area (Å²) >= 11 is 0. The number of benzene rings is 1. The SMILES string of the molecule is CCCC[P+](CCCC)(CCCC)c1ccc([N+](=O)[O-])cc1. The van der Waals surface area contributed by atoms with Crippen LogP contribution in [0, 0.1) is 10.1 Å². The number of rotatable bonds is 11. The van der Waals surface area contributed by atoms with Crippen molar-refractivity contribution in [2.24, 2.45) is 0 Å². The van der Waals surface area contributed by atoms with Crippen molar-refractivity contribution >= 4 is 18.3 Å². The molecule has 0 amide bonds. The summed E-state index contributed by atoms with van der Waals surface area (Å²) in [7, 11) is -1.17. The van der Waals surface area contributed by atoms with Crippen LogP contribution >= 0.6 is 7.26 Å². The molecule has 0 aliphatic rings. The second kappa shape index (κ2) is 9.94. The van der Waals surface area contributed by atoms with Gasteiger partial charge in [0.2, 0.25) is 0 Å². The number of nitro benzene ring substituents is 1. The molecule has 0 saturated carbocycles. The van der Waals surface area contributed by atoms with Gasteiger partial charge in [-0.3, -0.25) is 10.1 Å². The Labute approximate surface area is 136 Å². The van der Waals surface area contributed by atoms with Crippen LogP contribution in [0.3, 0.4) is 0 Å². The van der Waals surface area contributed by atoms with Crippen molar-refractivity contribution in [3.05, 3.63) is 34.4 Å². The third kappa shape index (κ3) is 5.35. The van der Waals surface area contributed by atoms with Crippen molar-refractivity contribution in [1.29, 1.82) is 0 Å². The van der Waals surface area contributed by atoms with E-state index in [1.54, 1.807) is 12.1 Å². The van der Waals surface area contributed by atoms with E-state index in [-0.39, 0.29) is 10.6 Å². The number of hydrogen-bond acceptors (Lipinski definition) is 2. The Morgan fingerprint density at radius 2 is 1.27 bits per heavy atom. The van der Waals surface area contributed by atoms with Gasteiger partial charge >= 0.3 is 0 Å². The van der Waals surface area contributed by atoms with Crippen molar-refractivity contribution < 1.29 is 4.92 Å². The van der Waals surface area contributed by atoms with Gasteiger partial charge < -0.3 is 0 Å². The highest BCUT2D eigenvalue weighted by Gasteiger charge is 2.38. The monoisotopic (exact) mass is 324 g/mol. The quantitative estimate of drug-likeness (QED) is 0.300. The molecule has 0 atom stereocenters. The van der Waals surface area contributed by atoms with Gasteiger partial charge in [-0.2, -0.15) is 0 Å². The molecule has 0 radical (unpaired) electrons. The fraction of sp³-hybridized carbons (Fsp3) is 0.667. The normalized spacial score (nSPS) is 11.6. The lowest BCUT2D eigenvalue weighted by Crippen LogP contribution is -2.21. The molecule has 0 spiro atoms. The average Bonchev–Trinajstić information content (AvgIpc) is 2.54. The lowest BCUT2D eigenvalue weighted by molar-refractivity contribution is -0.384. The van der Waals surface area contributed by atoms with Crippen LogP contribution < -0.4 is 5.30 Å². The predicted octanol–water partition coefficient (Wildman–Crippen LogP) is 5.64. The molecular weight excluding hydrogens is 293 g/mol. The summed E-state index contributed by atoms with van der Waals surface area (Å²) in [6.07, 6.45) is 11.4. The van der Waals surface area contributed by atoms with E-state index in [1.165, 1.54) is 62.3 Å². The number of non-ortho nitro benzene ring substituents is 1. The van der Waals surface area contributed by atoms with Crippen LogP contribution in [0.4, 0.5) is 5.69 Å². The van der Waals surface area contributed by atoms with E-state index in [0.29, 0.717) is 0 Å². The zero-order valence-electron chi connectivity index (χ0n) is 14.4. The molecule has 124 valence electrons. The zero-order chi connectivity index (χ0) is 16.4. The zero-order valence-corrected chi connectivity index (χ0v) is 15.3. The maximum absolute atomic E-state index is 10.9. The van der Waals surface area contributed by atoms with E-state index < -0.39 is 7.26 Å². The Bertz CT molecular complexity index is 423. The number of unbranched alkanes of at least 4 members (excludes halogenated alkanes) is 3. The van der Waals surface area contributed by atoms with Crippen LogP contribution in [0.2, 0.25) is 0 Å². The maximum Gasteiger partial charge on any atom is 0.269 e. The van der Waals surface area contributed by atoms with Gasteiger partial charge in [0.1, 0.15) is 0 Å². The van der Waals surface area contributed by atoms with Gasteiger partial charge in [-0.25, -0.2) is 0 Å². The second-order valence-electron chi connectivity index (χ2n) is 6.15. The molecular formula is C18H31NO2P+. The lowest BCUT2D eigenvalue weighted by Gasteiger charge is -2.27. The first-order valence-corrected chi connectivity index (χ1v) is 11.0. The van der Waals surface area contributed by atoms with E-state index in [9.17, 15) is 10.1 Å². The summed E-state index contributed by atoms with van der Waals surface area (Å²) < 4.78 is 0. The van der Waals surface area contributed by atoms with E-state index in [1.807, 2.05) is 12.1 Å². The Morgan fingerprint density at radius 3 is 1.59 bits per heavy atom. The van der Waals surface area contributed by atoms with Gasteiger partial charge in [0.05, 0.1) is 28.7 Å². The minimum Gasteiger partial charge on any atom is -0.258 e. The van der Waals surface area contributed by atoms with Crippen molar-refractivity contribution in [2.45, 2.75) is 59.3 Å². The summed E-state index contributed by atoms with van der Waals surface area (Å²) in [6, 6.07) is 7.50. The molecule has 0 bridgehead atoms. The average molecular weight is 324 g/mol. The number of nitrogens with zero attached hydrogens (tertiary/aromatic N) is 1. The van der Waals surface area contributed by atoms with Crippen molar-refractivity contribution in [3.63, 3.8) is 0 Å². The van der Waals surface area contributed by atoms with Gasteiger partial charge in [0.15, 0.2) is 0 Å². The molecule has 1 rings (SSSR count). The van der Waals surface area contributed by atoms with Crippen molar-refractivity contribution in [1.82, 2.24) is 0 Å². The van der Waals surface area contributed by atoms with E-state index >= 15 is 0 Å². The molecule has 3 nitrogen and oxygen atoms in total. The van der Waals surface area contributed by atoms with Crippen LogP contribution in [-0.4, -0.2) is 23.4 Å². The molecule has 0 aliphatic carbocycles. The second-order valence-corrected chi connectivity index (χ2v) is 10.3. The summed E-state index contributed by atoms with van der Waals surface area (Å²) in [6.45, 7) is 6.76. The maximum atomic E-state index is 10.9. The first-order valence-electron chi connectivity index (χ1n) is 8.70. The molecule has 0 N–H and O–H groups in total. The van der Waals surface area contributed by atoms with Crippen LogP contribution in [0.25, 0.3) is 0 Å². The van der Waals surface area contributed by atoms with E-state index in [4.69, 9.17) is 0 Å². The predicted molar refractivity (Wildman–Crippen MR) is 99.0 cm³/mol. The standard InChI is InChI=1S/C18H31NO2P/c1-4-7-14-22(15-8-5-2,16-9-6-3)18-12-10-17(11-13-18)19(20)21/h10-13H,4-9,14-16H2,1-3H3/q+1. The third-order valence-corrected chi connectivity index (χ3v) is 9.34. The summed E-state index contributed by atoms with van der Waals surface area (Å²) in [4.78, 5) is 10.6. The van der Waals surface area contributed by atoms with Gasteiger partial charge in [-0.15, -0.1) is 0 Å². The lowest BCUT2D eigenvalue weighted by atomic mass is 10.3. The Kier molecular flexibility index (Phi) is 8.63. The number of hydrogen-bond donors (Lipinski definition) is 0. The van der Waals surface area contributed by atoms with E-state index in [2.05, 4.69) is 20.8 Å². The number of nitro groups is 1. The minimum atomic E-state index is -1.17. The highest BCUT2D eigenvalue weighted by molar-refractivity contribution is 7.82. The molecule has 0 saturated heterocycles. The molecule has 1 aromatic carbocycles. The molecule has 0 aliphatic heterocycles. The third-order valence-electron chi connectivity index (χ3n) is 4.43. The summed E-state index contributed by atoms with van der Waals surface area (Å²) in [5, 5.41) is 12.3. The first kappa shape index (κ1) is 19.1. The largest absolute Gasteiger partial charge is 0.269 e. The van der Waals surface area contributed by atoms with Gasteiger partial charge in [0.25, 0.3) is 5.69 Å². The highest BCUT2D eigenvalue weighted by Crippen LogP contribution is 2.59. The Morgan fingerprint density at radius 1 is 0.864 bits per heavy atom. The fourth-order valence-electron chi connectivity index (χ4n) is 3.00.